The first-order chi connectivity index (χ1) is 6.31. The fourth-order valence-corrected chi connectivity index (χ4v) is 3.06. The van der Waals surface area contributed by atoms with Crippen LogP contribution < -0.4 is 5.32 Å². The third-order valence-corrected chi connectivity index (χ3v) is 4.09. The van der Waals surface area contributed by atoms with Crippen LogP contribution in [-0.4, -0.2) is 13.1 Å². The molecule has 1 nitrogen and oxygen atoms in total. The Bertz CT molecular complexity index is 174. The topological polar surface area (TPSA) is 12.0 Å². The van der Waals surface area contributed by atoms with Crippen molar-refractivity contribution in [1.82, 2.24) is 5.32 Å². The Labute approximate surface area is 81.6 Å². The molecule has 1 saturated heterocycles. The average Bonchev–Trinajstić information content (AvgIpc) is 2.59. The molecule has 2 aliphatic rings. The van der Waals surface area contributed by atoms with Gasteiger partial charge in [0.05, 0.1) is 0 Å². The Kier molecular flexibility index (Phi) is 2.73. The first-order valence-electron chi connectivity index (χ1n) is 5.64. The summed E-state index contributed by atoms with van der Waals surface area (Å²) in [7, 11) is 0. The molecular formula is C12H21N. The summed E-state index contributed by atoms with van der Waals surface area (Å²) < 4.78 is 0. The van der Waals surface area contributed by atoms with Crippen molar-refractivity contribution in [2.24, 2.45) is 23.7 Å². The summed E-state index contributed by atoms with van der Waals surface area (Å²) in [6.07, 6.45) is 6.44. The number of allylic oxidation sites excluding steroid dienone is 1. The van der Waals surface area contributed by atoms with Crippen molar-refractivity contribution in [3.8, 4) is 0 Å². The maximum Gasteiger partial charge on any atom is -0.00177 e. The zero-order valence-electron chi connectivity index (χ0n) is 8.63. The van der Waals surface area contributed by atoms with Crippen LogP contribution in [0.25, 0.3) is 0 Å². The van der Waals surface area contributed by atoms with Crippen LogP contribution in [0.5, 0.6) is 0 Å². The second-order valence-electron chi connectivity index (χ2n) is 4.84. The molecule has 74 valence electrons. The summed E-state index contributed by atoms with van der Waals surface area (Å²) in [5.41, 5.74) is 0. The third-order valence-electron chi connectivity index (χ3n) is 4.09. The van der Waals surface area contributed by atoms with Crippen LogP contribution in [0.15, 0.2) is 12.7 Å². The Morgan fingerprint density at radius 1 is 1.38 bits per heavy atom. The molecule has 2 rings (SSSR count). The highest BCUT2D eigenvalue weighted by molar-refractivity contribution is 4.93. The summed E-state index contributed by atoms with van der Waals surface area (Å²) in [5.74, 6) is 3.65. The van der Waals surface area contributed by atoms with Crippen LogP contribution in [0.1, 0.15) is 26.2 Å². The smallest absolute Gasteiger partial charge is 0.00177 e. The molecule has 1 aliphatic carbocycles. The summed E-state index contributed by atoms with van der Waals surface area (Å²) in [4.78, 5) is 0. The zero-order valence-corrected chi connectivity index (χ0v) is 8.63. The summed E-state index contributed by atoms with van der Waals surface area (Å²) in [6.45, 7) is 8.74. The first kappa shape index (κ1) is 9.26. The van der Waals surface area contributed by atoms with Crippen molar-refractivity contribution in [3.63, 3.8) is 0 Å². The lowest BCUT2D eigenvalue weighted by molar-refractivity contribution is 0.295. The second kappa shape index (κ2) is 3.83. The molecule has 1 saturated carbocycles. The molecule has 2 fully saturated rings. The van der Waals surface area contributed by atoms with Gasteiger partial charge in [-0.25, -0.2) is 0 Å². The minimum atomic E-state index is 0.727. The van der Waals surface area contributed by atoms with Crippen molar-refractivity contribution in [2.75, 3.05) is 13.1 Å². The lowest BCUT2D eigenvalue weighted by Gasteiger charge is -2.25. The van der Waals surface area contributed by atoms with Crippen molar-refractivity contribution in [1.29, 1.82) is 0 Å². The van der Waals surface area contributed by atoms with E-state index in [0.29, 0.717) is 0 Å². The standard InChI is InChI=1S/C12H21N/c1-3-9(2)11-6-10-4-5-13-8-12(10)7-11/h3,9-13H,1,4-8H2,2H3. The van der Waals surface area contributed by atoms with Gasteiger partial charge in [-0.1, -0.05) is 13.0 Å². The molecule has 0 aromatic rings. The summed E-state index contributed by atoms with van der Waals surface area (Å²) in [6, 6.07) is 0. The fourth-order valence-electron chi connectivity index (χ4n) is 3.06. The summed E-state index contributed by atoms with van der Waals surface area (Å²) in [5, 5.41) is 3.51. The Morgan fingerprint density at radius 3 is 2.85 bits per heavy atom. The minimum Gasteiger partial charge on any atom is -0.316 e. The molecule has 0 bridgehead atoms. The molecule has 4 unspecified atom stereocenters. The number of rotatable bonds is 2. The molecule has 0 aromatic heterocycles. The quantitative estimate of drug-likeness (QED) is 0.642. The predicted octanol–water partition coefficient (Wildman–Crippen LogP) is 2.44. The minimum absolute atomic E-state index is 0.727. The highest BCUT2D eigenvalue weighted by Crippen LogP contribution is 2.42. The Balaban J connectivity index is 1.94. The van der Waals surface area contributed by atoms with Gasteiger partial charge >= 0.3 is 0 Å². The molecule has 13 heavy (non-hydrogen) atoms. The van der Waals surface area contributed by atoms with Crippen LogP contribution in [-0.2, 0) is 0 Å². The second-order valence-corrected chi connectivity index (χ2v) is 4.84. The highest BCUT2D eigenvalue weighted by atomic mass is 14.9. The van der Waals surface area contributed by atoms with Crippen molar-refractivity contribution in [2.45, 2.75) is 26.2 Å². The van der Waals surface area contributed by atoms with Gasteiger partial charge in [0.25, 0.3) is 0 Å². The van der Waals surface area contributed by atoms with E-state index in [4.69, 9.17) is 0 Å². The van der Waals surface area contributed by atoms with E-state index < -0.39 is 0 Å². The molecule has 0 spiro atoms. The molecule has 0 aromatic carbocycles. The zero-order chi connectivity index (χ0) is 9.26. The molecule has 0 amide bonds. The Hall–Kier alpha value is -0.300. The molecule has 4 atom stereocenters. The summed E-state index contributed by atoms with van der Waals surface area (Å²) >= 11 is 0. The SMILES string of the molecule is C=CC(C)C1CC2CCNCC2C1. The number of hydrogen-bond acceptors (Lipinski definition) is 1. The number of hydrogen-bond donors (Lipinski definition) is 1. The van der Waals surface area contributed by atoms with E-state index in [1.54, 1.807) is 0 Å². The largest absolute Gasteiger partial charge is 0.316 e. The average molecular weight is 179 g/mol. The molecule has 1 aliphatic heterocycles. The molecule has 1 heterocycles. The maximum atomic E-state index is 3.91. The first-order valence-corrected chi connectivity index (χ1v) is 5.64. The van der Waals surface area contributed by atoms with Gasteiger partial charge in [0.1, 0.15) is 0 Å². The molecular weight excluding hydrogens is 158 g/mol. The monoisotopic (exact) mass is 179 g/mol. The number of nitrogens with one attached hydrogen (secondary N) is 1. The van der Waals surface area contributed by atoms with Crippen molar-refractivity contribution in [3.05, 3.63) is 12.7 Å². The Morgan fingerprint density at radius 2 is 2.15 bits per heavy atom. The van der Waals surface area contributed by atoms with Gasteiger partial charge in [-0.2, -0.15) is 0 Å². The number of piperidine rings is 1. The van der Waals surface area contributed by atoms with Crippen molar-refractivity contribution >= 4 is 0 Å². The molecule has 0 radical (unpaired) electrons. The van der Waals surface area contributed by atoms with Crippen LogP contribution in [0.3, 0.4) is 0 Å². The van der Waals surface area contributed by atoms with E-state index in [1.165, 1.54) is 32.4 Å². The van der Waals surface area contributed by atoms with Gasteiger partial charge < -0.3 is 5.32 Å². The van der Waals surface area contributed by atoms with E-state index in [9.17, 15) is 0 Å². The van der Waals surface area contributed by atoms with Gasteiger partial charge in [-0.15, -0.1) is 6.58 Å². The maximum absolute atomic E-state index is 3.91. The van der Waals surface area contributed by atoms with E-state index in [1.807, 2.05) is 0 Å². The predicted molar refractivity (Wildman–Crippen MR) is 56.6 cm³/mol. The lowest BCUT2D eigenvalue weighted by atomic mass is 9.90. The van der Waals surface area contributed by atoms with E-state index >= 15 is 0 Å². The van der Waals surface area contributed by atoms with Gasteiger partial charge in [0, 0.05) is 0 Å². The van der Waals surface area contributed by atoms with E-state index in [0.717, 1.165) is 23.7 Å². The van der Waals surface area contributed by atoms with E-state index in [-0.39, 0.29) is 0 Å². The lowest BCUT2D eigenvalue weighted by Crippen LogP contribution is -2.33. The third kappa shape index (κ3) is 1.80. The molecule has 1 N–H and O–H groups in total. The van der Waals surface area contributed by atoms with E-state index in [2.05, 4.69) is 24.9 Å². The number of fused-ring (bicyclic) bond motifs is 1. The molecule has 1 heteroatoms. The van der Waals surface area contributed by atoms with Crippen LogP contribution in [0, 0.1) is 23.7 Å². The van der Waals surface area contributed by atoms with Gasteiger partial charge in [0.2, 0.25) is 0 Å². The van der Waals surface area contributed by atoms with Gasteiger partial charge in [-0.05, 0) is 56.0 Å². The van der Waals surface area contributed by atoms with Crippen LogP contribution in [0.2, 0.25) is 0 Å². The van der Waals surface area contributed by atoms with Gasteiger partial charge in [-0.3, -0.25) is 0 Å². The van der Waals surface area contributed by atoms with Crippen molar-refractivity contribution < 1.29 is 0 Å². The van der Waals surface area contributed by atoms with Crippen LogP contribution in [0.4, 0.5) is 0 Å². The fraction of sp³-hybridized carbons (Fsp3) is 0.833. The normalized spacial score (nSPS) is 41.2. The highest BCUT2D eigenvalue weighted by Gasteiger charge is 2.36. The van der Waals surface area contributed by atoms with Gasteiger partial charge in [0.15, 0.2) is 0 Å². The van der Waals surface area contributed by atoms with Crippen LogP contribution >= 0.6 is 0 Å².